The number of carbonyl (C=O) groups excluding carboxylic acids is 2. The van der Waals surface area contributed by atoms with Crippen LogP contribution in [0, 0.1) is 0 Å². The molecule has 0 heterocycles. The molecule has 0 radical (unpaired) electrons. The van der Waals surface area contributed by atoms with Crippen molar-refractivity contribution in [1.29, 1.82) is 0 Å². The fraction of sp³-hybridized carbons (Fsp3) is 0.250. The number of hydrogen-bond donors (Lipinski definition) is 1. The highest BCUT2D eigenvalue weighted by molar-refractivity contribution is 5.73. The van der Waals surface area contributed by atoms with Crippen molar-refractivity contribution >= 4 is 18.2 Å². The van der Waals surface area contributed by atoms with Gasteiger partial charge in [0.15, 0.2) is 0 Å². The summed E-state index contributed by atoms with van der Waals surface area (Å²) in [7, 11) is 0. The molecule has 1 unspecified atom stereocenters. The molecule has 1 N–H and O–H groups in total. The second-order valence-electron chi connectivity index (χ2n) is 5.76. The van der Waals surface area contributed by atoms with E-state index in [1.54, 1.807) is 42.5 Å². The standard InChI is InChI=1S/C20H20O7/c1-20(25-12-11-21,27-19(24)13-15-7-3-2-4-8-15)26-17-10-6-5-9-16(17)14-18(22)23/h2-11H,12-14H2,1H3,(H,22,23). The molecule has 142 valence electrons. The Bertz CT molecular complexity index is 788. The number of aldehydes is 1. The molecular formula is C20H20O7. The number of rotatable bonds is 10. The number of carboxylic acids is 1. The summed E-state index contributed by atoms with van der Waals surface area (Å²) >= 11 is 0. The Balaban J connectivity index is 2.16. The van der Waals surface area contributed by atoms with E-state index >= 15 is 0 Å². The van der Waals surface area contributed by atoms with Crippen molar-refractivity contribution in [2.75, 3.05) is 6.61 Å². The zero-order chi connectivity index (χ0) is 19.7. The highest BCUT2D eigenvalue weighted by atomic mass is 16.9. The summed E-state index contributed by atoms with van der Waals surface area (Å²) in [6.45, 7) is 0.979. The fourth-order valence-corrected chi connectivity index (χ4v) is 2.38. The molecule has 0 aromatic heterocycles. The molecule has 0 fully saturated rings. The lowest BCUT2D eigenvalue weighted by atomic mass is 10.1. The number of para-hydroxylation sites is 1. The summed E-state index contributed by atoms with van der Waals surface area (Å²) in [5.74, 6) is -3.37. The molecule has 1 atom stereocenters. The van der Waals surface area contributed by atoms with Crippen molar-refractivity contribution in [3.8, 4) is 5.75 Å². The van der Waals surface area contributed by atoms with E-state index in [1.165, 1.54) is 13.0 Å². The second kappa shape index (κ2) is 9.49. The van der Waals surface area contributed by atoms with E-state index in [-0.39, 0.29) is 25.2 Å². The first kappa shape index (κ1) is 20.1. The second-order valence-corrected chi connectivity index (χ2v) is 5.76. The molecule has 0 aliphatic rings. The maximum Gasteiger partial charge on any atom is 0.371 e. The quantitative estimate of drug-likeness (QED) is 0.388. The van der Waals surface area contributed by atoms with Crippen LogP contribution in [0.4, 0.5) is 0 Å². The van der Waals surface area contributed by atoms with Gasteiger partial charge in [0, 0.05) is 12.5 Å². The Kier molecular flexibility index (Phi) is 7.08. The summed E-state index contributed by atoms with van der Waals surface area (Å²) < 4.78 is 16.2. The molecule has 0 amide bonds. The van der Waals surface area contributed by atoms with Crippen LogP contribution in [-0.2, 0) is 36.7 Å². The van der Waals surface area contributed by atoms with Crippen LogP contribution >= 0.6 is 0 Å². The van der Waals surface area contributed by atoms with Crippen LogP contribution in [0.5, 0.6) is 5.75 Å². The van der Waals surface area contributed by atoms with E-state index in [9.17, 15) is 14.4 Å². The zero-order valence-corrected chi connectivity index (χ0v) is 14.8. The van der Waals surface area contributed by atoms with Gasteiger partial charge < -0.3 is 24.1 Å². The molecular weight excluding hydrogens is 352 g/mol. The molecule has 0 saturated carbocycles. The smallest absolute Gasteiger partial charge is 0.371 e. The minimum absolute atomic E-state index is 0.0129. The van der Waals surface area contributed by atoms with Gasteiger partial charge in [-0.05, 0) is 11.6 Å². The highest BCUT2D eigenvalue weighted by Crippen LogP contribution is 2.26. The molecule has 2 rings (SSSR count). The van der Waals surface area contributed by atoms with Gasteiger partial charge in [-0.25, -0.2) is 0 Å². The number of benzene rings is 2. The molecule has 7 heteroatoms. The molecule has 2 aromatic rings. The van der Waals surface area contributed by atoms with Crippen molar-refractivity contribution in [2.45, 2.75) is 25.7 Å². The highest BCUT2D eigenvalue weighted by Gasteiger charge is 2.33. The maximum absolute atomic E-state index is 12.3. The lowest BCUT2D eigenvalue weighted by Crippen LogP contribution is -2.42. The molecule has 0 saturated heterocycles. The summed E-state index contributed by atoms with van der Waals surface area (Å²) in [4.78, 5) is 34.0. The van der Waals surface area contributed by atoms with Crippen LogP contribution in [0.1, 0.15) is 18.1 Å². The van der Waals surface area contributed by atoms with Gasteiger partial charge in [0.2, 0.25) is 0 Å². The monoisotopic (exact) mass is 372 g/mol. The van der Waals surface area contributed by atoms with Gasteiger partial charge in [0.25, 0.3) is 0 Å². The fourth-order valence-electron chi connectivity index (χ4n) is 2.38. The van der Waals surface area contributed by atoms with Gasteiger partial charge >= 0.3 is 17.9 Å². The normalized spacial score (nSPS) is 12.6. The number of esters is 1. The first-order valence-electron chi connectivity index (χ1n) is 8.24. The first-order chi connectivity index (χ1) is 12.9. The van der Waals surface area contributed by atoms with E-state index in [2.05, 4.69) is 0 Å². The van der Waals surface area contributed by atoms with E-state index in [1.807, 2.05) is 6.07 Å². The zero-order valence-electron chi connectivity index (χ0n) is 14.8. The Morgan fingerprint density at radius 3 is 2.37 bits per heavy atom. The SMILES string of the molecule is CC(OCC=O)(OC(=O)Cc1ccccc1)Oc1ccccc1CC(=O)O. The lowest BCUT2D eigenvalue weighted by Gasteiger charge is -2.29. The van der Waals surface area contributed by atoms with Gasteiger partial charge in [-0.15, -0.1) is 0 Å². The molecule has 0 bridgehead atoms. The maximum atomic E-state index is 12.3. The van der Waals surface area contributed by atoms with Gasteiger partial charge in [-0.1, -0.05) is 48.5 Å². The molecule has 0 aliphatic heterocycles. The number of aliphatic carboxylic acids is 1. The Morgan fingerprint density at radius 1 is 1.04 bits per heavy atom. The number of carbonyl (C=O) groups is 3. The number of hydrogen-bond acceptors (Lipinski definition) is 6. The number of ether oxygens (including phenoxy) is 3. The van der Waals surface area contributed by atoms with E-state index in [0.29, 0.717) is 11.8 Å². The van der Waals surface area contributed by atoms with Gasteiger partial charge in [-0.3, -0.25) is 9.59 Å². The molecule has 2 aromatic carbocycles. The van der Waals surface area contributed by atoms with Crippen LogP contribution in [0.2, 0.25) is 0 Å². The Labute approximate surface area is 156 Å². The first-order valence-corrected chi connectivity index (χ1v) is 8.24. The Morgan fingerprint density at radius 2 is 1.70 bits per heavy atom. The summed E-state index contributed by atoms with van der Waals surface area (Å²) in [6, 6.07) is 15.4. The summed E-state index contributed by atoms with van der Waals surface area (Å²) in [5.41, 5.74) is 1.12. The minimum atomic E-state index is -1.89. The molecule has 7 nitrogen and oxygen atoms in total. The topological polar surface area (TPSA) is 99.1 Å². The summed E-state index contributed by atoms with van der Waals surface area (Å²) in [5, 5.41) is 9.02. The number of carboxylic acid groups (broad SMARTS) is 1. The van der Waals surface area contributed by atoms with Gasteiger partial charge in [-0.2, -0.15) is 0 Å². The van der Waals surface area contributed by atoms with E-state index in [4.69, 9.17) is 19.3 Å². The van der Waals surface area contributed by atoms with Crippen molar-refractivity contribution in [1.82, 2.24) is 0 Å². The predicted octanol–water partition coefficient (Wildman–Crippen LogP) is 2.37. The van der Waals surface area contributed by atoms with Crippen molar-refractivity contribution in [3.63, 3.8) is 0 Å². The molecule has 27 heavy (non-hydrogen) atoms. The van der Waals surface area contributed by atoms with Crippen LogP contribution in [0.15, 0.2) is 54.6 Å². The van der Waals surface area contributed by atoms with Gasteiger partial charge in [0.05, 0.1) is 12.8 Å². The third-order valence-corrected chi connectivity index (χ3v) is 3.51. The third kappa shape index (κ3) is 6.56. The van der Waals surface area contributed by atoms with Crippen molar-refractivity contribution < 1.29 is 33.7 Å². The van der Waals surface area contributed by atoms with Gasteiger partial charge in [0.1, 0.15) is 18.6 Å². The lowest BCUT2D eigenvalue weighted by molar-refractivity contribution is -0.311. The van der Waals surface area contributed by atoms with Crippen LogP contribution in [0.3, 0.4) is 0 Å². The van der Waals surface area contributed by atoms with Crippen molar-refractivity contribution in [2.24, 2.45) is 0 Å². The van der Waals surface area contributed by atoms with E-state index < -0.39 is 17.9 Å². The van der Waals surface area contributed by atoms with Crippen molar-refractivity contribution in [3.05, 3.63) is 65.7 Å². The predicted molar refractivity (Wildman–Crippen MR) is 95.1 cm³/mol. The molecule has 0 spiro atoms. The summed E-state index contributed by atoms with van der Waals surface area (Å²) in [6.07, 6.45) is 0.203. The van der Waals surface area contributed by atoms with Crippen LogP contribution < -0.4 is 4.74 Å². The largest absolute Gasteiger partial charge is 0.481 e. The minimum Gasteiger partial charge on any atom is -0.481 e. The average molecular weight is 372 g/mol. The van der Waals surface area contributed by atoms with Crippen LogP contribution in [-0.4, -0.2) is 35.9 Å². The third-order valence-electron chi connectivity index (χ3n) is 3.51. The average Bonchev–Trinajstić information content (AvgIpc) is 2.62. The molecule has 0 aliphatic carbocycles. The van der Waals surface area contributed by atoms with Crippen LogP contribution in [0.25, 0.3) is 0 Å². The van der Waals surface area contributed by atoms with E-state index in [0.717, 1.165) is 5.56 Å². The Hall–Kier alpha value is -3.19.